The lowest BCUT2D eigenvalue weighted by molar-refractivity contribution is 0.168. The summed E-state index contributed by atoms with van der Waals surface area (Å²) in [6.07, 6.45) is 1.14. The molecule has 108 valence electrons. The number of nitrogens with zero attached hydrogens (tertiary/aromatic N) is 2. The second-order valence-electron chi connectivity index (χ2n) is 5.03. The fourth-order valence-corrected chi connectivity index (χ4v) is 1.92. The highest BCUT2D eigenvalue weighted by Gasteiger charge is 2.10. The minimum atomic E-state index is 0.139. The first kappa shape index (κ1) is 15.7. The SMILES string of the molecule is CCNc1cc(OC(C)CC(C)C)nc(COC)n1. The molecular weight excluding hydrogens is 242 g/mol. The molecule has 5 nitrogen and oxygen atoms in total. The van der Waals surface area contributed by atoms with Crippen molar-refractivity contribution in [3.05, 3.63) is 11.9 Å². The second kappa shape index (κ2) is 7.94. The Kier molecular flexibility index (Phi) is 6.56. The van der Waals surface area contributed by atoms with Crippen LogP contribution in [0.5, 0.6) is 5.88 Å². The smallest absolute Gasteiger partial charge is 0.219 e. The first-order valence-corrected chi connectivity index (χ1v) is 6.82. The van der Waals surface area contributed by atoms with Crippen molar-refractivity contribution in [1.82, 2.24) is 9.97 Å². The molecule has 0 amide bonds. The van der Waals surface area contributed by atoms with E-state index in [1.54, 1.807) is 7.11 Å². The van der Waals surface area contributed by atoms with Gasteiger partial charge in [-0.2, -0.15) is 4.98 Å². The predicted molar refractivity (Wildman–Crippen MR) is 76.5 cm³/mol. The van der Waals surface area contributed by atoms with E-state index >= 15 is 0 Å². The maximum absolute atomic E-state index is 5.85. The summed E-state index contributed by atoms with van der Waals surface area (Å²) in [7, 11) is 1.63. The number of hydrogen-bond acceptors (Lipinski definition) is 5. The zero-order chi connectivity index (χ0) is 14.3. The molecule has 0 saturated heterocycles. The number of aromatic nitrogens is 2. The first-order valence-electron chi connectivity index (χ1n) is 6.82. The van der Waals surface area contributed by atoms with Crippen molar-refractivity contribution < 1.29 is 9.47 Å². The average molecular weight is 267 g/mol. The Balaban J connectivity index is 2.79. The van der Waals surface area contributed by atoms with Gasteiger partial charge in [-0.25, -0.2) is 4.98 Å². The van der Waals surface area contributed by atoms with Gasteiger partial charge in [0.05, 0.1) is 6.10 Å². The molecule has 0 aromatic carbocycles. The lowest BCUT2D eigenvalue weighted by atomic mass is 10.1. The van der Waals surface area contributed by atoms with Gasteiger partial charge in [0.2, 0.25) is 5.88 Å². The van der Waals surface area contributed by atoms with Crippen LogP contribution in [0.4, 0.5) is 5.82 Å². The number of ether oxygens (including phenoxy) is 2. The predicted octanol–water partition coefficient (Wildman–Crippen LogP) is 2.87. The summed E-state index contributed by atoms with van der Waals surface area (Å²) in [5.74, 6) is 2.61. The zero-order valence-corrected chi connectivity index (χ0v) is 12.6. The summed E-state index contributed by atoms with van der Waals surface area (Å²) in [5.41, 5.74) is 0. The van der Waals surface area contributed by atoms with Crippen LogP contribution in [0, 0.1) is 5.92 Å². The van der Waals surface area contributed by atoms with E-state index in [4.69, 9.17) is 9.47 Å². The third-order valence-corrected chi connectivity index (χ3v) is 2.51. The molecule has 1 aromatic rings. The van der Waals surface area contributed by atoms with Gasteiger partial charge < -0.3 is 14.8 Å². The molecule has 0 aliphatic heterocycles. The van der Waals surface area contributed by atoms with Gasteiger partial charge in [-0.1, -0.05) is 13.8 Å². The van der Waals surface area contributed by atoms with Gasteiger partial charge in [-0.3, -0.25) is 0 Å². The second-order valence-corrected chi connectivity index (χ2v) is 5.03. The average Bonchev–Trinajstić information content (AvgIpc) is 2.28. The molecule has 1 N–H and O–H groups in total. The number of rotatable bonds is 8. The number of anilines is 1. The van der Waals surface area contributed by atoms with E-state index in [9.17, 15) is 0 Å². The van der Waals surface area contributed by atoms with Crippen molar-refractivity contribution in [1.29, 1.82) is 0 Å². The van der Waals surface area contributed by atoms with Crippen LogP contribution in [-0.4, -0.2) is 29.7 Å². The Morgan fingerprint density at radius 2 is 2.00 bits per heavy atom. The van der Waals surface area contributed by atoms with Crippen molar-refractivity contribution >= 4 is 5.82 Å². The van der Waals surface area contributed by atoms with Gasteiger partial charge in [0.15, 0.2) is 5.82 Å². The molecule has 0 fully saturated rings. The largest absolute Gasteiger partial charge is 0.474 e. The Bertz CT molecular complexity index is 359. The topological polar surface area (TPSA) is 56.3 Å². The summed E-state index contributed by atoms with van der Waals surface area (Å²) in [5, 5.41) is 3.17. The van der Waals surface area contributed by atoms with E-state index in [1.807, 2.05) is 13.0 Å². The van der Waals surface area contributed by atoms with Crippen molar-refractivity contribution in [2.75, 3.05) is 19.0 Å². The Morgan fingerprint density at radius 1 is 1.26 bits per heavy atom. The van der Waals surface area contributed by atoms with E-state index < -0.39 is 0 Å². The van der Waals surface area contributed by atoms with Crippen LogP contribution >= 0.6 is 0 Å². The van der Waals surface area contributed by atoms with E-state index in [-0.39, 0.29) is 6.10 Å². The normalized spacial score (nSPS) is 12.5. The van der Waals surface area contributed by atoms with Crippen molar-refractivity contribution in [3.63, 3.8) is 0 Å². The number of hydrogen-bond donors (Lipinski definition) is 1. The molecule has 5 heteroatoms. The minimum absolute atomic E-state index is 0.139. The Labute approximate surface area is 115 Å². The lowest BCUT2D eigenvalue weighted by Gasteiger charge is -2.17. The van der Waals surface area contributed by atoms with Crippen LogP contribution in [0.15, 0.2) is 6.07 Å². The Morgan fingerprint density at radius 3 is 2.58 bits per heavy atom. The molecule has 1 rings (SSSR count). The van der Waals surface area contributed by atoms with Gasteiger partial charge in [-0.15, -0.1) is 0 Å². The number of methoxy groups -OCH3 is 1. The Hall–Kier alpha value is -1.36. The molecule has 0 bridgehead atoms. The molecular formula is C14H25N3O2. The standard InChI is InChI=1S/C14H25N3O2/c1-6-15-12-8-14(17-13(16-12)9-18-5)19-11(4)7-10(2)3/h8,10-11H,6-7,9H2,1-5H3,(H,15,16,17). The van der Waals surface area contributed by atoms with Gasteiger partial charge >= 0.3 is 0 Å². The first-order chi connectivity index (χ1) is 9.05. The van der Waals surface area contributed by atoms with Gasteiger partial charge in [-0.05, 0) is 26.2 Å². The summed E-state index contributed by atoms with van der Waals surface area (Å²) in [6, 6.07) is 1.83. The van der Waals surface area contributed by atoms with Crippen LogP contribution < -0.4 is 10.1 Å². The summed E-state index contributed by atoms with van der Waals surface area (Å²) in [6.45, 7) is 9.64. The molecule has 0 aliphatic rings. The van der Waals surface area contributed by atoms with Crippen LogP contribution in [-0.2, 0) is 11.3 Å². The molecule has 0 radical (unpaired) electrons. The van der Waals surface area contributed by atoms with Crippen molar-refractivity contribution in [3.8, 4) is 5.88 Å². The quantitative estimate of drug-likeness (QED) is 0.785. The summed E-state index contributed by atoms with van der Waals surface area (Å²) < 4.78 is 10.9. The zero-order valence-electron chi connectivity index (χ0n) is 12.6. The van der Waals surface area contributed by atoms with Gasteiger partial charge in [0.25, 0.3) is 0 Å². The molecule has 19 heavy (non-hydrogen) atoms. The molecule has 0 saturated carbocycles. The maximum atomic E-state index is 5.85. The summed E-state index contributed by atoms with van der Waals surface area (Å²) in [4.78, 5) is 8.71. The molecule has 0 aliphatic carbocycles. The van der Waals surface area contributed by atoms with Crippen LogP contribution in [0.25, 0.3) is 0 Å². The highest BCUT2D eigenvalue weighted by molar-refractivity contribution is 5.38. The highest BCUT2D eigenvalue weighted by Crippen LogP contribution is 2.17. The van der Waals surface area contributed by atoms with Gasteiger partial charge in [0.1, 0.15) is 12.4 Å². The van der Waals surface area contributed by atoms with Crippen molar-refractivity contribution in [2.24, 2.45) is 5.92 Å². The van der Waals surface area contributed by atoms with Crippen LogP contribution in [0.2, 0.25) is 0 Å². The monoisotopic (exact) mass is 267 g/mol. The van der Waals surface area contributed by atoms with E-state index in [0.29, 0.717) is 24.2 Å². The minimum Gasteiger partial charge on any atom is -0.474 e. The fourth-order valence-electron chi connectivity index (χ4n) is 1.92. The molecule has 1 heterocycles. The van der Waals surface area contributed by atoms with E-state index in [0.717, 1.165) is 18.8 Å². The highest BCUT2D eigenvalue weighted by atomic mass is 16.5. The molecule has 0 spiro atoms. The number of nitrogens with one attached hydrogen (secondary N) is 1. The van der Waals surface area contributed by atoms with Gasteiger partial charge in [0, 0.05) is 19.7 Å². The van der Waals surface area contributed by atoms with E-state index in [1.165, 1.54) is 0 Å². The lowest BCUT2D eigenvalue weighted by Crippen LogP contribution is -2.16. The fraction of sp³-hybridized carbons (Fsp3) is 0.714. The maximum Gasteiger partial charge on any atom is 0.219 e. The van der Waals surface area contributed by atoms with E-state index in [2.05, 4.69) is 36.1 Å². The molecule has 1 aromatic heterocycles. The molecule has 1 unspecified atom stereocenters. The van der Waals surface area contributed by atoms with Crippen LogP contribution in [0.1, 0.15) is 39.9 Å². The van der Waals surface area contributed by atoms with Crippen LogP contribution in [0.3, 0.4) is 0 Å². The molecule has 1 atom stereocenters. The third kappa shape index (κ3) is 5.87. The van der Waals surface area contributed by atoms with Crippen molar-refractivity contribution in [2.45, 2.75) is 46.8 Å². The summed E-state index contributed by atoms with van der Waals surface area (Å²) >= 11 is 0. The third-order valence-electron chi connectivity index (χ3n) is 2.51.